The third kappa shape index (κ3) is 3.34. The van der Waals surface area contributed by atoms with Gasteiger partial charge in [-0.2, -0.15) is 0 Å². The van der Waals surface area contributed by atoms with Crippen LogP contribution in [0.3, 0.4) is 0 Å². The first-order valence-corrected chi connectivity index (χ1v) is 8.53. The van der Waals surface area contributed by atoms with Crippen molar-refractivity contribution in [2.75, 3.05) is 7.05 Å². The number of rotatable bonds is 4. The molecule has 8 heteroatoms. The maximum atomic E-state index is 12.8. The topological polar surface area (TPSA) is 77.1 Å². The molecule has 0 atom stereocenters. The number of hydrogen-bond acceptors (Lipinski definition) is 5. The Labute approximate surface area is 153 Å². The molecule has 0 aliphatic heterocycles. The average molecular weight is 404 g/mol. The summed E-state index contributed by atoms with van der Waals surface area (Å²) in [6, 6.07) is 7.67. The minimum atomic E-state index is -0.196. The van der Waals surface area contributed by atoms with E-state index in [1.165, 1.54) is 0 Å². The van der Waals surface area contributed by atoms with Crippen LogP contribution in [0.4, 0.5) is 0 Å². The smallest absolute Gasteiger partial charge is 0.276 e. The van der Waals surface area contributed by atoms with Crippen LogP contribution in [0, 0.1) is 20.8 Å². The molecule has 0 aliphatic rings. The van der Waals surface area contributed by atoms with E-state index in [1.807, 2.05) is 45.0 Å². The molecule has 7 nitrogen and oxygen atoms in total. The summed E-state index contributed by atoms with van der Waals surface area (Å²) in [5.74, 6) is 0.519. The van der Waals surface area contributed by atoms with E-state index in [0.717, 1.165) is 21.4 Å². The van der Waals surface area contributed by atoms with Gasteiger partial charge in [-0.1, -0.05) is 32.4 Å². The molecule has 3 rings (SSSR count). The number of carbonyl (C=O) groups excluding carboxylic acids is 1. The van der Waals surface area contributed by atoms with Crippen molar-refractivity contribution in [3.05, 3.63) is 57.1 Å². The van der Waals surface area contributed by atoms with Crippen molar-refractivity contribution in [2.24, 2.45) is 0 Å². The molecule has 0 saturated heterocycles. The second-order valence-electron chi connectivity index (χ2n) is 5.88. The van der Waals surface area contributed by atoms with Crippen molar-refractivity contribution in [1.82, 2.24) is 25.1 Å². The molecule has 0 saturated carbocycles. The zero-order valence-electron chi connectivity index (χ0n) is 14.4. The van der Waals surface area contributed by atoms with E-state index in [1.54, 1.807) is 16.6 Å². The lowest BCUT2D eigenvalue weighted by Crippen LogP contribution is -2.27. The Morgan fingerprint density at radius 1 is 1.32 bits per heavy atom. The second-order valence-corrected chi connectivity index (χ2v) is 6.79. The fraction of sp³-hybridized carbons (Fsp3) is 0.294. The molecule has 0 radical (unpaired) electrons. The number of hydrogen-bond donors (Lipinski definition) is 0. The minimum absolute atomic E-state index is 0.196. The van der Waals surface area contributed by atoms with Crippen molar-refractivity contribution in [3.8, 4) is 5.69 Å². The molecule has 3 aromatic rings. The van der Waals surface area contributed by atoms with E-state index in [-0.39, 0.29) is 5.91 Å². The molecule has 0 fully saturated rings. The number of amides is 1. The van der Waals surface area contributed by atoms with Gasteiger partial charge in [0.2, 0.25) is 0 Å². The van der Waals surface area contributed by atoms with Gasteiger partial charge < -0.3 is 9.42 Å². The predicted octanol–water partition coefficient (Wildman–Crippen LogP) is 3.22. The van der Waals surface area contributed by atoms with Gasteiger partial charge in [0.25, 0.3) is 5.91 Å². The highest BCUT2D eigenvalue weighted by Crippen LogP contribution is 2.19. The van der Waals surface area contributed by atoms with E-state index in [0.29, 0.717) is 23.7 Å². The number of benzene rings is 1. The fourth-order valence-electron chi connectivity index (χ4n) is 2.60. The van der Waals surface area contributed by atoms with Crippen molar-refractivity contribution >= 4 is 21.8 Å². The first-order chi connectivity index (χ1) is 11.9. The quantitative estimate of drug-likeness (QED) is 0.668. The Bertz CT molecular complexity index is 912. The summed E-state index contributed by atoms with van der Waals surface area (Å²) in [6.45, 7) is 5.93. The van der Waals surface area contributed by atoms with Gasteiger partial charge in [0, 0.05) is 17.1 Å². The van der Waals surface area contributed by atoms with Gasteiger partial charge in [-0.25, -0.2) is 4.68 Å². The number of aromatic nitrogens is 4. The Balaban J connectivity index is 1.86. The lowest BCUT2D eigenvalue weighted by atomic mass is 10.2. The number of carbonyl (C=O) groups is 1. The molecule has 0 aliphatic carbocycles. The highest BCUT2D eigenvalue weighted by Gasteiger charge is 2.22. The molecule has 1 aromatic carbocycles. The lowest BCUT2D eigenvalue weighted by molar-refractivity contribution is 0.0778. The summed E-state index contributed by atoms with van der Waals surface area (Å²) in [6.07, 6.45) is 0. The molecule has 0 spiro atoms. The molecule has 2 heterocycles. The van der Waals surface area contributed by atoms with Gasteiger partial charge in [0.15, 0.2) is 5.69 Å². The van der Waals surface area contributed by atoms with Crippen LogP contribution in [-0.4, -0.2) is 38.0 Å². The van der Waals surface area contributed by atoms with Crippen LogP contribution in [0.25, 0.3) is 5.69 Å². The number of halogens is 1. The van der Waals surface area contributed by atoms with Gasteiger partial charge in [0.1, 0.15) is 5.76 Å². The Morgan fingerprint density at radius 3 is 2.72 bits per heavy atom. The lowest BCUT2D eigenvalue weighted by Gasteiger charge is -2.16. The first-order valence-electron chi connectivity index (χ1n) is 7.74. The maximum absolute atomic E-state index is 12.8. The summed E-state index contributed by atoms with van der Waals surface area (Å²) < 4.78 is 7.74. The average Bonchev–Trinajstić information content (AvgIpc) is 3.11. The molecule has 25 heavy (non-hydrogen) atoms. The Hall–Kier alpha value is -2.48. The van der Waals surface area contributed by atoms with E-state index in [4.69, 9.17) is 4.52 Å². The first kappa shape index (κ1) is 17.3. The van der Waals surface area contributed by atoms with Crippen LogP contribution in [0.2, 0.25) is 0 Å². The van der Waals surface area contributed by atoms with Crippen molar-refractivity contribution in [2.45, 2.75) is 27.3 Å². The van der Waals surface area contributed by atoms with Crippen molar-refractivity contribution < 1.29 is 9.32 Å². The number of aryl methyl sites for hydroxylation is 2. The Kier molecular flexibility index (Phi) is 4.71. The fourth-order valence-corrected chi connectivity index (χ4v) is 2.98. The van der Waals surface area contributed by atoms with Gasteiger partial charge in [-0.3, -0.25) is 4.79 Å². The summed E-state index contributed by atoms with van der Waals surface area (Å²) >= 11 is 3.44. The third-order valence-corrected chi connectivity index (χ3v) is 4.57. The summed E-state index contributed by atoms with van der Waals surface area (Å²) in [5, 5.41) is 12.1. The molecule has 2 aromatic heterocycles. The van der Waals surface area contributed by atoms with Crippen LogP contribution in [0.1, 0.15) is 33.2 Å². The van der Waals surface area contributed by atoms with E-state index < -0.39 is 0 Å². The van der Waals surface area contributed by atoms with Crippen LogP contribution in [0.15, 0.2) is 33.3 Å². The van der Waals surface area contributed by atoms with E-state index >= 15 is 0 Å². The Morgan fingerprint density at radius 2 is 2.08 bits per heavy atom. The highest BCUT2D eigenvalue weighted by molar-refractivity contribution is 9.10. The van der Waals surface area contributed by atoms with Gasteiger partial charge >= 0.3 is 0 Å². The summed E-state index contributed by atoms with van der Waals surface area (Å²) in [7, 11) is 1.73. The normalized spacial score (nSPS) is 10.9. The minimum Gasteiger partial charge on any atom is -0.361 e. The highest BCUT2D eigenvalue weighted by atomic mass is 79.9. The largest absolute Gasteiger partial charge is 0.361 e. The van der Waals surface area contributed by atoms with Gasteiger partial charge in [-0.15, -0.1) is 5.10 Å². The summed E-state index contributed by atoms with van der Waals surface area (Å²) in [5.41, 5.74) is 3.55. The third-order valence-electron chi connectivity index (χ3n) is 4.07. The molecule has 0 unspecified atom stereocenters. The van der Waals surface area contributed by atoms with Crippen LogP contribution in [0.5, 0.6) is 0 Å². The second kappa shape index (κ2) is 6.79. The molecule has 130 valence electrons. The van der Waals surface area contributed by atoms with Crippen LogP contribution in [-0.2, 0) is 6.54 Å². The zero-order valence-corrected chi connectivity index (χ0v) is 16.0. The molecular formula is C17H18BrN5O2. The maximum Gasteiger partial charge on any atom is 0.276 e. The molecule has 1 amide bonds. The van der Waals surface area contributed by atoms with Crippen molar-refractivity contribution in [1.29, 1.82) is 0 Å². The monoisotopic (exact) mass is 403 g/mol. The molecule has 0 bridgehead atoms. The van der Waals surface area contributed by atoms with Crippen LogP contribution >= 0.6 is 15.9 Å². The zero-order chi connectivity index (χ0) is 18.1. The van der Waals surface area contributed by atoms with Crippen LogP contribution < -0.4 is 0 Å². The standard InChI is InChI=1S/C17H18BrN5O2/c1-10-15(12(3)25-20-10)9-22(4)17(24)16-11(2)23(21-19-16)14-7-5-6-13(18)8-14/h5-8H,9H2,1-4H3. The van der Waals surface area contributed by atoms with E-state index in [2.05, 4.69) is 31.4 Å². The SMILES string of the molecule is Cc1noc(C)c1CN(C)C(=O)c1nnn(-c2cccc(Br)c2)c1C. The van der Waals surface area contributed by atoms with Gasteiger partial charge in [0.05, 0.1) is 23.6 Å². The van der Waals surface area contributed by atoms with E-state index in [9.17, 15) is 4.79 Å². The predicted molar refractivity (Wildman–Crippen MR) is 95.6 cm³/mol. The summed E-state index contributed by atoms with van der Waals surface area (Å²) in [4.78, 5) is 14.4. The molecular weight excluding hydrogens is 386 g/mol. The van der Waals surface area contributed by atoms with Crippen molar-refractivity contribution in [3.63, 3.8) is 0 Å². The number of nitrogens with zero attached hydrogens (tertiary/aromatic N) is 5. The molecule has 0 N–H and O–H groups in total. The van der Waals surface area contributed by atoms with Gasteiger partial charge in [-0.05, 0) is 39.0 Å².